The van der Waals surface area contributed by atoms with Gasteiger partial charge in [0.25, 0.3) is 0 Å². The molecule has 3 nitrogen and oxygen atoms in total. The van der Waals surface area contributed by atoms with Crippen molar-refractivity contribution in [2.24, 2.45) is 0 Å². The van der Waals surface area contributed by atoms with Crippen LogP contribution in [0.1, 0.15) is 26.3 Å². The van der Waals surface area contributed by atoms with Gasteiger partial charge in [0.05, 0.1) is 6.61 Å². The van der Waals surface area contributed by atoms with Crippen molar-refractivity contribution in [3.05, 3.63) is 29.8 Å². The van der Waals surface area contributed by atoms with Gasteiger partial charge in [-0.15, -0.1) is 0 Å². The van der Waals surface area contributed by atoms with E-state index in [1.807, 2.05) is 32.9 Å². The van der Waals surface area contributed by atoms with E-state index in [0.29, 0.717) is 0 Å². The third-order valence-corrected chi connectivity index (χ3v) is 2.59. The molecule has 0 saturated heterocycles. The highest BCUT2D eigenvalue weighted by Gasteiger charge is 2.18. The summed E-state index contributed by atoms with van der Waals surface area (Å²) in [4.78, 5) is 12.3. The maximum atomic E-state index is 11.6. The van der Waals surface area contributed by atoms with Crippen molar-refractivity contribution in [3.63, 3.8) is 0 Å². The first-order valence-electron chi connectivity index (χ1n) is 5.02. The molecule has 4 heteroatoms. The predicted molar refractivity (Wildman–Crippen MR) is 64.5 cm³/mol. The number of hydrogen-bond acceptors (Lipinski definition) is 4. The Bertz CT molecular complexity index is 369. The number of ether oxygens (including phenoxy) is 1. The molecule has 0 fully saturated rings. The van der Waals surface area contributed by atoms with Gasteiger partial charge in [-0.1, -0.05) is 18.2 Å². The van der Waals surface area contributed by atoms with Crippen LogP contribution >= 0.6 is 11.8 Å². The van der Waals surface area contributed by atoms with Crippen molar-refractivity contribution >= 4 is 17.1 Å². The average molecular weight is 240 g/mol. The Morgan fingerprint density at radius 2 is 2.00 bits per heavy atom. The number of aliphatic hydroxyl groups is 1. The van der Waals surface area contributed by atoms with E-state index in [-0.39, 0.29) is 11.9 Å². The Morgan fingerprint density at radius 1 is 1.38 bits per heavy atom. The molecule has 1 aromatic rings. The SMILES string of the molecule is CC(C)(C)OC(=O)Sc1ccccc1CO. The molecule has 0 heterocycles. The number of hydrogen-bond donors (Lipinski definition) is 1. The molecule has 0 bridgehead atoms. The molecular formula is C12H16O3S. The fraction of sp³-hybridized carbons (Fsp3) is 0.417. The molecule has 0 aliphatic heterocycles. The van der Waals surface area contributed by atoms with Crippen LogP contribution in [0.3, 0.4) is 0 Å². The van der Waals surface area contributed by atoms with E-state index in [4.69, 9.17) is 9.84 Å². The number of thioether (sulfide) groups is 1. The van der Waals surface area contributed by atoms with E-state index < -0.39 is 5.60 Å². The molecule has 0 spiro atoms. The molecule has 16 heavy (non-hydrogen) atoms. The van der Waals surface area contributed by atoms with Crippen molar-refractivity contribution in [3.8, 4) is 0 Å². The number of carbonyl (C=O) groups excluding carboxylic acids is 1. The summed E-state index contributed by atoms with van der Waals surface area (Å²) in [5, 5.41) is 8.75. The van der Waals surface area contributed by atoms with Gasteiger partial charge in [0, 0.05) is 4.90 Å². The number of aliphatic hydroxyl groups excluding tert-OH is 1. The lowest BCUT2D eigenvalue weighted by molar-refractivity contribution is 0.0738. The van der Waals surface area contributed by atoms with Gasteiger partial charge in [-0.25, -0.2) is 4.79 Å². The highest BCUT2D eigenvalue weighted by molar-refractivity contribution is 8.13. The Morgan fingerprint density at radius 3 is 2.56 bits per heavy atom. The van der Waals surface area contributed by atoms with Crippen LogP contribution in [-0.2, 0) is 11.3 Å². The highest BCUT2D eigenvalue weighted by Crippen LogP contribution is 2.26. The Kier molecular flexibility index (Phi) is 4.38. The van der Waals surface area contributed by atoms with Crippen LogP contribution in [0.25, 0.3) is 0 Å². The topological polar surface area (TPSA) is 46.5 Å². The summed E-state index contributed by atoms with van der Waals surface area (Å²) in [6.45, 7) is 5.39. The van der Waals surface area contributed by atoms with E-state index in [0.717, 1.165) is 22.2 Å². The van der Waals surface area contributed by atoms with Crippen molar-refractivity contribution in [2.45, 2.75) is 37.9 Å². The van der Waals surface area contributed by atoms with Crippen LogP contribution in [0.2, 0.25) is 0 Å². The van der Waals surface area contributed by atoms with Crippen molar-refractivity contribution in [2.75, 3.05) is 0 Å². The van der Waals surface area contributed by atoms with Gasteiger partial charge in [0.15, 0.2) is 0 Å². The van der Waals surface area contributed by atoms with Crippen LogP contribution in [-0.4, -0.2) is 16.0 Å². The molecule has 88 valence electrons. The van der Waals surface area contributed by atoms with Gasteiger partial charge < -0.3 is 9.84 Å². The van der Waals surface area contributed by atoms with E-state index in [1.54, 1.807) is 12.1 Å². The first-order valence-corrected chi connectivity index (χ1v) is 5.83. The Balaban J connectivity index is 2.70. The Hall–Kier alpha value is -1.00. The molecule has 1 N–H and O–H groups in total. The molecule has 1 aromatic carbocycles. The fourth-order valence-corrected chi connectivity index (χ4v) is 1.98. The summed E-state index contributed by atoms with van der Waals surface area (Å²) in [6.07, 6.45) is 0. The minimum Gasteiger partial charge on any atom is -0.452 e. The van der Waals surface area contributed by atoms with Crippen molar-refractivity contribution in [1.82, 2.24) is 0 Å². The molecule has 0 aromatic heterocycles. The second-order valence-corrected chi connectivity index (χ2v) is 5.31. The predicted octanol–water partition coefficient (Wildman–Crippen LogP) is 3.21. The standard InChI is InChI=1S/C12H16O3S/c1-12(2,3)15-11(14)16-10-7-5-4-6-9(10)8-13/h4-7,13H,8H2,1-3H3. The monoisotopic (exact) mass is 240 g/mol. The minimum absolute atomic E-state index is 0.0774. The first kappa shape index (κ1) is 13.1. The summed E-state index contributed by atoms with van der Waals surface area (Å²) >= 11 is 1.00. The fourth-order valence-electron chi connectivity index (χ4n) is 1.09. The van der Waals surface area contributed by atoms with E-state index in [2.05, 4.69) is 0 Å². The molecule has 0 radical (unpaired) electrons. The molecule has 0 saturated carbocycles. The van der Waals surface area contributed by atoms with Crippen LogP contribution in [0.4, 0.5) is 4.79 Å². The highest BCUT2D eigenvalue weighted by atomic mass is 32.2. The number of carbonyl (C=O) groups is 1. The number of benzene rings is 1. The zero-order valence-corrected chi connectivity index (χ0v) is 10.5. The molecule has 0 unspecified atom stereocenters. The number of rotatable bonds is 2. The van der Waals surface area contributed by atoms with Crippen LogP contribution in [0.15, 0.2) is 29.2 Å². The third kappa shape index (κ3) is 4.24. The van der Waals surface area contributed by atoms with E-state index in [9.17, 15) is 4.79 Å². The molecular weight excluding hydrogens is 224 g/mol. The second kappa shape index (κ2) is 5.37. The first-order chi connectivity index (χ1) is 7.42. The smallest absolute Gasteiger partial charge is 0.372 e. The van der Waals surface area contributed by atoms with Gasteiger partial charge in [-0.2, -0.15) is 0 Å². The summed E-state index contributed by atoms with van der Waals surface area (Å²) in [5.74, 6) is 0. The maximum Gasteiger partial charge on any atom is 0.372 e. The lowest BCUT2D eigenvalue weighted by atomic mass is 10.2. The lowest BCUT2D eigenvalue weighted by Gasteiger charge is -2.19. The van der Waals surface area contributed by atoms with Gasteiger partial charge in [0.2, 0.25) is 0 Å². The van der Waals surface area contributed by atoms with Crippen LogP contribution < -0.4 is 0 Å². The Labute approximate surface area is 99.8 Å². The maximum absolute atomic E-state index is 11.6. The van der Waals surface area contributed by atoms with Crippen molar-refractivity contribution < 1.29 is 14.6 Å². The second-order valence-electron chi connectivity index (χ2n) is 4.33. The van der Waals surface area contributed by atoms with E-state index in [1.165, 1.54) is 0 Å². The zero-order chi connectivity index (χ0) is 12.2. The summed E-state index contributed by atoms with van der Waals surface area (Å²) < 4.78 is 5.18. The molecule has 0 aliphatic carbocycles. The molecule has 0 amide bonds. The summed E-state index contributed by atoms with van der Waals surface area (Å²) in [5.41, 5.74) is 0.247. The van der Waals surface area contributed by atoms with Crippen molar-refractivity contribution in [1.29, 1.82) is 0 Å². The van der Waals surface area contributed by atoms with Gasteiger partial charge >= 0.3 is 5.30 Å². The normalized spacial score (nSPS) is 11.2. The molecule has 1 rings (SSSR count). The lowest BCUT2D eigenvalue weighted by Crippen LogP contribution is -2.21. The van der Waals surface area contributed by atoms with Gasteiger partial charge in [-0.05, 0) is 44.2 Å². The summed E-state index contributed by atoms with van der Waals surface area (Å²) in [7, 11) is 0. The molecule has 0 aliphatic rings. The van der Waals surface area contributed by atoms with E-state index >= 15 is 0 Å². The average Bonchev–Trinajstić information content (AvgIpc) is 2.15. The summed E-state index contributed by atoms with van der Waals surface area (Å²) in [6, 6.07) is 7.23. The van der Waals surface area contributed by atoms with Gasteiger partial charge in [-0.3, -0.25) is 0 Å². The quantitative estimate of drug-likeness (QED) is 0.637. The minimum atomic E-state index is -0.488. The largest absolute Gasteiger partial charge is 0.452 e. The van der Waals surface area contributed by atoms with Gasteiger partial charge in [0.1, 0.15) is 5.60 Å². The molecule has 0 atom stereocenters. The van der Waals surface area contributed by atoms with Crippen LogP contribution in [0.5, 0.6) is 0 Å². The third-order valence-electron chi connectivity index (χ3n) is 1.73. The zero-order valence-electron chi connectivity index (χ0n) is 9.69. The van der Waals surface area contributed by atoms with Crippen LogP contribution in [0, 0.1) is 0 Å².